The van der Waals surface area contributed by atoms with Gasteiger partial charge in [-0.25, -0.2) is 4.98 Å². The second-order valence-electron chi connectivity index (χ2n) is 2.67. The molecule has 0 aliphatic carbocycles. The zero-order chi connectivity index (χ0) is 8.10. The van der Waals surface area contributed by atoms with Gasteiger partial charge in [0, 0.05) is 18.5 Å². The van der Waals surface area contributed by atoms with E-state index in [0.29, 0.717) is 0 Å². The van der Waals surface area contributed by atoms with Gasteiger partial charge in [-0.2, -0.15) is 0 Å². The van der Waals surface area contributed by atoms with Crippen LogP contribution in [0.4, 0.5) is 0 Å². The minimum Gasteiger partial charge on any atom is -0.396 e. The van der Waals surface area contributed by atoms with E-state index in [4.69, 9.17) is 5.11 Å². The van der Waals surface area contributed by atoms with Crippen LogP contribution in [0.25, 0.3) is 0 Å². The molecule has 0 saturated heterocycles. The molecule has 1 aromatic rings. The van der Waals surface area contributed by atoms with Crippen molar-refractivity contribution in [2.45, 2.75) is 26.2 Å². The lowest BCUT2D eigenvalue weighted by atomic mass is 10.2. The lowest BCUT2D eigenvalue weighted by molar-refractivity contribution is 0.284. The number of aromatic nitrogens is 2. The molecule has 62 valence electrons. The first kappa shape index (κ1) is 8.27. The Morgan fingerprint density at radius 1 is 1.55 bits per heavy atom. The lowest BCUT2D eigenvalue weighted by Gasteiger charge is -1.93. The highest BCUT2D eigenvalue weighted by molar-refractivity contribution is 4.99. The molecule has 0 bridgehead atoms. The number of imidazole rings is 1. The quantitative estimate of drug-likeness (QED) is 0.636. The van der Waals surface area contributed by atoms with E-state index in [2.05, 4.69) is 9.97 Å². The number of nitrogens with zero attached hydrogens (tertiary/aromatic N) is 1. The molecule has 1 rings (SSSR count). The Bertz CT molecular complexity index is 208. The predicted octanol–water partition coefficient (Wildman–Crippen LogP) is 1.03. The lowest BCUT2D eigenvalue weighted by Crippen LogP contribution is -1.88. The number of aliphatic hydroxyl groups is 1. The van der Waals surface area contributed by atoms with E-state index in [9.17, 15) is 0 Å². The second-order valence-corrected chi connectivity index (χ2v) is 2.67. The predicted molar refractivity (Wildman–Crippen MR) is 43.3 cm³/mol. The van der Waals surface area contributed by atoms with Crippen LogP contribution in [-0.4, -0.2) is 21.7 Å². The summed E-state index contributed by atoms with van der Waals surface area (Å²) in [5.74, 6) is 0.962. The molecule has 0 aliphatic heterocycles. The molecule has 3 nitrogen and oxygen atoms in total. The minimum absolute atomic E-state index is 0.285. The molecule has 1 aromatic heterocycles. The highest BCUT2D eigenvalue weighted by atomic mass is 16.2. The van der Waals surface area contributed by atoms with Crippen LogP contribution in [0.15, 0.2) is 6.20 Å². The van der Waals surface area contributed by atoms with E-state index in [1.807, 2.05) is 13.1 Å². The van der Waals surface area contributed by atoms with E-state index in [-0.39, 0.29) is 6.61 Å². The maximum Gasteiger partial charge on any atom is 0.103 e. The van der Waals surface area contributed by atoms with Gasteiger partial charge in [0.25, 0.3) is 0 Å². The molecule has 0 fully saturated rings. The number of H-pyrrole nitrogens is 1. The minimum atomic E-state index is 0.285. The van der Waals surface area contributed by atoms with Gasteiger partial charge in [-0.1, -0.05) is 0 Å². The molecule has 0 amide bonds. The van der Waals surface area contributed by atoms with Crippen molar-refractivity contribution < 1.29 is 5.11 Å². The molecule has 0 unspecified atom stereocenters. The van der Waals surface area contributed by atoms with Gasteiger partial charge >= 0.3 is 0 Å². The van der Waals surface area contributed by atoms with Gasteiger partial charge in [-0.15, -0.1) is 0 Å². The van der Waals surface area contributed by atoms with Crippen LogP contribution >= 0.6 is 0 Å². The number of unbranched alkanes of at least 4 members (excludes halogenated alkanes) is 1. The van der Waals surface area contributed by atoms with E-state index in [1.54, 1.807) is 0 Å². The van der Waals surface area contributed by atoms with E-state index in [1.165, 1.54) is 0 Å². The normalized spacial score (nSPS) is 10.4. The number of hydrogen-bond donors (Lipinski definition) is 2. The van der Waals surface area contributed by atoms with Gasteiger partial charge < -0.3 is 10.1 Å². The summed E-state index contributed by atoms with van der Waals surface area (Å²) in [5, 5.41) is 8.52. The standard InChI is InChI=1S/C8H14N2O/c1-7-9-6-8(10-7)4-2-3-5-11/h6,11H,2-5H2,1H3,(H,9,10). The van der Waals surface area contributed by atoms with Crippen molar-refractivity contribution in [1.82, 2.24) is 9.97 Å². The molecule has 0 aromatic carbocycles. The fourth-order valence-electron chi connectivity index (χ4n) is 1.03. The number of aromatic amines is 1. The summed E-state index contributed by atoms with van der Waals surface area (Å²) in [7, 11) is 0. The van der Waals surface area contributed by atoms with Gasteiger partial charge in [-0.05, 0) is 26.2 Å². The highest BCUT2D eigenvalue weighted by Crippen LogP contribution is 2.01. The third-order valence-corrected chi connectivity index (χ3v) is 1.61. The van der Waals surface area contributed by atoms with Crippen molar-refractivity contribution in [3.05, 3.63) is 17.7 Å². The summed E-state index contributed by atoms with van der Waals surface area (Å²) in [6.45, 7) is 2.22. The summed E-state index contributed by atoms with van der Waals surface area (Å²) in [4.78, 5) is 7.22. The van der Waals surface area contributed by atoms with Crippen LogP contribution in [0.1, 0.15) is 24.4 Å². The van der Waals surface area contributed by atoms with Crippen LogP contribution in [-0.2, 0) is 6.42 Å². The molecule has 2 N–H and O–H groups in total. The monoisotopic (exact) mass is 154 g/mol. The molecule has 0 radical (unpaired) electrons. The van der Waals surface area contributed by atoms with Crippen LogP contribution in [0.5, 0.6) is 0 Å². The van der Waals surface area contributed by atoms with Crippen molar-refractivity contribution >= 4 is 0 Å². The molecule has 0 spiro atoms. The molecular weight excluding hydrogens is 140 g/mol. The highest BCUT2D eigenvalue weighted by Gasteiger charge is 1.95. The van der Waals surface area contributed by atoms with Crippen LogP contribution < -0.4 is 0 Å². The SMILES string of the molecule is Cc1ncc(CCCCO)[nH]1. The van der Waals surface area contributed by atoms with E-state index < -0.39 is 0 Å². The number of aliphatic hydroxyl groups excluding tert-OH is 1. The van der Waals surface area contributed by atoms with Crippen molar-refractivity contribution in [2.24, 2.45) is 0 Å². The van der Waals surface area contributed by atoms with Crippen LogP contribution in [0.3, 0.4) is 0 Å². The van der Waals surface area contributed by atoms with Gasteiger partial charge in [0.1, 0.15) is 5.82 Å². The summed E-state index contributed by atoms with van der Waals surface area (Å²) in [5.41, 5.74) is 1.16. The molecule has 1 heterocycles. The Morgan fingerprint density at radius 2 is 2.36 bits per heavy atom. The molecule has 0 atom stereocenters. The summed E-state index contributed by atoms with van der Waals surface area (Å²) in [6, 6.07) is 0. The summed E-state index contributed by atoms with van der Waals surface area (Å²) in [6.07, 6.45) is 4.74. The second kappa shape index (κ2) is 4.13. The van der Waals surface area contributed by atoms with E-state index in [0.717, 1.165) is 30.8 Å². The third kappa shape index (κ3) is 2.72. The third-order valence-electron chi connectivity index (χ3n) is 1.61. The maximum absolute atomic E-state index is 8.52. The van der Waals surface area contributed by atoms with E-state index >= 15 is 0 Å². The topological polar surface area (TPSA) is 48.9 Å². The zero-order valence-electron chi connectivity index (χ0n) is 6.80. The fourth-order valence-corrected chi connectivity index (χ4v) is 1.03. The maximum atomic E-state index is 8.52. The smallest absolute Gasteiger partial charge is 0.103 e. The average Bonchev–Trinajstić information content (AvgIpc) is 2.37. The van der Waals surface area contributed by atoms with Crippen LogP contribution in [0.2, 0.25) is 0 Å². The number of rotatable bonds is 4. The van der Waals surface area contributed by atoms with Crippen molar-refractivity contribution in [3.63, 3.8) is 0 Å². The Kier molecular flexibility index (Phi) is 3.11. The Labute approximate surface area is 66.5 Å². The number of aryl methyl sites for hydroxylation is 2. The van der Waals surface area contributed by atoms with Crippen LogP contribution in [0, 0.1) is 6.92 Å². The first-order valence-corrected chi connectivity index (χ1v) is 3.94. The van der Waals surface area contributed by atoms with Crippen molar-refractivity contribution in [2.75, 3.05) is 6.61 Å². The summed E-state index contributed by atoms with van der Waals surface area (Å²) < 4.78 is 0. The molecule has 3 heteroatoms. The van der Waals surface area contributed by atoms with Crippen molar-refractivity contribution in [1.29, 1.82) is 0 Å². The van der Waals surface area contributed by atoms with Gasteiger partial charge in [0.05, 0.1) is 0 Å². The Hall–Kier alpha value is -0.830. The molecule has 0 saturated carbocycles. The first-order valence-electron chi connectivity index (χ1n) is 3.94. The summed E-state index contributed by atoms with van der Waals surface area (Å²) >= 11 is 0. The average molecular weight is 154 g/mol. The number of nitrogens with one attached hydrogen (secondary N) is 1. The molecular formula is C8H14N2O. The van der Waals surface area contributed by atoms with Gasteiger partial charge in [0.15, 0.2) is 0 Å². The van der Waals surface area contributed by atoms with Gasteiger partial charge in [-0.3, -0.25) is 0 Å². The molecule has 0 aliphatic rings. The number of hydrogen-bond acceptors (Lipinski definition) is 2. The van der Waals surface area contributed by atoms with Crippen molar-refractivity contribution in [3.8, 4) is 0 Å². The zero-order valence-corrected chi connectivity index (χ0v) is 6.80. The van der Waals surface area contributed by atoms with Gasteiger partial charge in [0.2, 0.25) is 0 Å². The molecule has 11 heavy (non-hydrogen) atoms. The largest absolute Gasteiger partial charge is 0.396 e. The fraction of sp³-hybridized carbons (Fsp3) is 0.625. The Morgan fingerprint density at radius 3 is 2.91 bits per heavy atom. The Balaban J connectivity index is 2.27. The first-order chi connectivity index (χ1) is 5.33.